The van der Waals surface area contributed by atoms with E-state index in [0.29, 0.717) is 6.04 Å². The van der Waals surface area contributed by atoms with E-state index in [1.807, 2.05) is 0 Å². The minimum Gasteiger partial charge on any atom is -0.328 e. The van der Waals surface area contributed by atoms with E-state index in [2.05, 4.69) is 12.2 Å². The van der Waals surface area contributed by atoms with Gasteiger partial charge in [-0.2, -0.15) is 0 Å². The van der Waals surface area contributed by atoms with Gasteiger partial charge in [0.2, 0.25) is 0 Å². The Morgan fingerprint density at radius 1 is 1.42 bits per heavy atom. The second-order valence-corrected chi connectivity index (χ2v) is 3.98. The molecule has 72 valence electrons. The van der Waals surface area contributed by atoms with Gasteiger partial charge in [0, 0.05) is 6.04 Å². The summed E-state index contributed by atoms with van der Waals surface area (Å²) in [5, 5.41) is 3.46. The third kappa shape index (κ3) is 4.73. The Kier molecular flexibility index (Phi) is 4.62. The van der Waals surface area contributed by atoms with Crippen molar-refractivity contribution in [1.82, 2.24) is 5.32 Å². The maximum absolute atomic E-state index is 5.88. The lowest BCUT2D eigenvalue weighted by atomic mass is 10.1. The summed E-state index contributed by atoms with van der Waals surface area (Å²) in [6.07, 6.45) is 6.40. The van der Waals surface area contributed by atoms with Crippen LogP contribution in [0.15, 0.2) is 0 Å². The number of rotatable bonds is 7. The molecule has 2 heteroatoms. The molecule has 0 aliphatic heterocycles. The molecule has 0 saturated heterocycles. The van der Waals surface area contributed by atoms with Crippen molar-refractivity contribution in [3.63, 3.8) is 0 Å². The van der Waals surface area contributed by atoms with Gasteiger partial charge in [0.15, 0.2) is 0 Å². The maximum Gasteiger partial charge on any atom is 0.00508 e. The van der Waals surface area contributed by atoms with Gasteiger partial charge in [0.1, 0.15) is 0 Å². The van der Waals surface area contributed by atoms with Crippen LogP contribution in [0.25, 0.3) is 0 Å². The summed E-state index contributed by atoms with van der Waals surface area (Å²) in [4.78, 5) is 0. The van der Waals surface area contributed by atoms with E-state index in [0.717, 1.165) is 18.9 Å². The van der Waals surface area contributed by atoms with Crippen molar-refractivity contribution < 1.29 is 0 Å². The average molecular weight is 170 g/mol. The molecule has 0 aromatic heterocycles. The molecule has 12 heavy (non-hydrogen) atoms. The monoisotopic (exact) mass is 170 g/mol. The van der Waals surface area contributed by atoms with Crippen LogP contribution in [0.1, 0.15) is 39.0 Å². The topological polar surface area (TPSA) is 38.0 Å². The van der Waals surface area contributed by atoms with E-state index in [9.17, 15) is 0 Å². The molecule has 0 aromatic rings. The fourth-order valence-electron chi connectivity index (χ4n) is 1.43. The van der Waals surface area contributed by atoms with Crippen LogP contribution in [0.2, 0.25) is 0 Å². The molecule has 1 rings (SSSR count). The van der Waals surface area contributed by atoms with E-state index in [1.165, 1.54) is 32.2 Å². The summed E-state index contributed by atoms with van der Waals surface area (Å²) in [5.41, 5.74) is 5.88. The number of nitrogens with two attached hydrogens (primary N) is 1. The number of nitrogens with one attached hydrogen (secondary N) is 1. The van der Waals surface area contributed by atoms with Crippen molar-refractivity contribution in [1.29, 1.82) is 0 Å². The van der Waals surface area contributed by atoms with Crippen LogP contribution in [-0.4, -0.2) is 19.1 Å². The molecule has 1 saturated carbocycles. The zero-order valence-corrected chi connectivity index (χ0v) is 8.18. The summed E-state index contributed by atoms with van der Waals surface area (Å²) < 4.78 is 0. The van der Waals surface area contributed by atoms with Crippen molar-refractivity contribution in [2.45, 2.75) is 45.1 Å². The van der Waals surface area contributed by atoms with Crippen LogP contribution in [0.3, 0.4) is 0 Å². The average Bonchev–Trinajstić information content (AvgIpc) is 2.82. The minimum atomic E-state index is 0.418. The highest BCUT2D eigenvalue weighted by atomic mass is 14.9. The van der Waals surface area contributed by atoms with E-state index in [1.54, 1.807) is 0 Å². The standard InChI is InChI=1S/C10H22N2/c1-2-3-10(11)6-7-12-8-9-4-5-9/h9-10,12H,2-8,11H2,1H3. The molecule has 1 atom stereocenters. The molecular formula is C10H22N2. The van der Waals surface area contributed by atoms with E-state index >= 15 is 0 Å². The zero-order valence-electron chi connectivity index (χ0n) is 8.18. The van der Waals surface area contributed by atoms with Gasteiger partial charge in [-0.1, -0.05) is 13.3 Å². The van der Waals surface area contributed by atoms with E-state index in [-0.39, 0.29) is 0 Å². The van der Waals surface area contributed by atoms with Gasteiger partial charge in [0.25, 0.3) is 0 Å². The summed E-state index contributed by atoms with van der Waals surface area (Å²) in [6, 6.07) is 0.418. The van der Waals surface area contributed by atoms with Crippen molar-refractivity contribution in [2.75, 3.05) is 13.1 Å². The molecule has 1 aliphatic rings. The third-order valence-corrected chi connectivity index (χ3v) is 2.48. The van der Waals surface area contributed by atoms with Gasteiger partial charge in [0.05, 0.1) is 0 Å². The molecule has 0 amide bonds. The SMILES string of the molecule is CCCC(N)CCNCC1CC1. The van der Waals surface area contributed by atoms with Crippen molar-refractivity contribution in [3.8, 4) is 0 Å². The predicted octanol–water partition coefficient (Wildman–Crippen LogP) is 1.50. The fraction of sp³-hybridized carbons (Fsp3) is 1.00. The Morgan fingerprint density at radius 3 is 2.75 bits per heavy atom. The van der Waals surface area contributed by atoms with Crippen LogP contribution in [0, 0.1) is 5.92 Å². The van der Waals surface area contributed by atoms with Gasteiger partial charge >= 0.3 is 0 Å². The molecule has 1 aliphatic carbocycles. The van der Waals surface area contributed by atoms with Gasteiger partial charge < -0.3 is 11.1 Å². The highest BCUT2D eigenvalue weighted by Gasteiger charge is 2.19. The lowest BCUT2D eigenvalue weighted by Crippen LogP contribution is -2.27. The predicted molar refractivity (Wildman–Crippen MR) is 53.1 cm³/mol. The Bertz CT molecular complexity index is 110. The normalized spacial score (nSPS) is 19.5. The number of hydrogen-bond donors (Lipinski definition) is 2. The van der Waals surface area contributed by atoms with E-state index < -0.39 is 0 Å². The van der Waals surface area contributed by atoms with E-state index in [4.69, 9.17) is 5.73 Å². The molecular weight excluding hydrogens is 148 g/mol. The highest BCUT2D eigenvalue weighted by Crippen LogP contribution is 2.27. The molecule has 1 fully saturated rings. The van der Waals surface area contributed by atoms with Crippen LogP contribution < -0.4 is 11.1 Å². The third-order valence-electron chi connectivity index (χ3n) is 2.48. The Labute approximate surface area is 75.9 Å². The van der Waals surface area contributed by atoms with Crippen molar-refractivity contribution in [3.05, 3.63) is 0 Å². The first kappa shape index (κ1) is 10.0. The number of hydrogen-bond acceptors (Lipinski definition) is 2. The first-order valence-electron chi connectivity index (χ1n) is 5.29. The molecule has 3 N–H and O–H groups in total. The summed E-state index contributed by atoms with van der Waals surface area (Å²) >= 11 is 0. The van der Waals surface area contributed by atoms with Crippen LogP contribution >= 0.6 is 0 Å². The second kappa shape index (κ2) is 5.55. The summed E-state index contributed by atoms with van der Waals surface area (Å²) in [5.74, 6) is 0.993. The first-order valence-corrected chi connectivity index (χ1v) is 5.29. The van der Waals surface area contributed by atoms with Crippen molar-refractivity contribution >= 4 is 0 Å². The Hall–Kier alpha value is -0.0800. The zero-order chi connectivity index (χ0) is 8.81. The van der Waals surface area contributed by atoms with Crippen LogP contribution in [0.5, 0.6) is 0 Å². The Balaban J connectivity index is 1.80. The molecule has 0 radical (unpaired) electrons. The van der Waals surface area contributed by atoms with Crippen molar-refractivity contribution in [2.24, 2.45) is 11.7 Å². The highest BCUT2D eigenvalue weighted by molar-refractivity contribution is 4.75. The quantitative estimate of drug-likeness (QED) is 0.568. The first-order chi connectivity index (χ1) is 5.83. The smallest absolute Gasteiger partial charge is 0.00508 e. The lowest BCUT2D eigenvalue weighted by molar-refractivity contribution is 0.520. The molecule has 0 aromatic carbocycles. The van der Waals surface area contributed by atoms with Crippen LogP contribution in [0.4, 0.5) is 0 Å². The molecule has 0 spiro atoms. The van der Waals surface area contributed by atoms with Crippen LogP contribution in [-0.2, 0) is 0 Å². The lowest BCUT2D eigenvalue weighted by Gasteiger charge is -2.10. The maximum atomic E-state index is 5.88. The largest absolute Gasteiger partial charge is 0.328 e. The van der Waals surface area contributed by atoms with Gasteiger partial charge in [-0.15, -0.1) is 0 Å². The second-order valence-electron chi connectivity index (χ2n) is 3.98. The van der Waals surface area contributed by atoms with Gasteiger partial charge in [-0.25, -0.2) is 0 Å². The molecule has 1 unspecified atom stereocenters. The summed E-state index contributed by atoms with van der Waals surface area (Å²) in [7, 11) is 0. The summed E-state index contributed by atoms with van der Waals surface area (Å²) in [6.45, 7) is 4.52. The van der Waals surface area contributed by atoms with Gasteiger partial charge in [-0.05, 0) is 44.7 Å². The molecule has 0 bridgehead atoms. The fourth-order valence-corrected chi connectivity index (χ4v) is 1.43. The minimum absolute atomic E-state index is 0.418. The Morgan fingerprint density at radius 2 is 2.17 bits per heavy atom. The van der Waals surface area contributed by atoms with Gasteiger partial charge in [-0.3, -0.25) is 0 Å². The molecule has 2 nitrogen and oxygen atoms in total. The molecule has 0 heterocycles.